The highest BCUT2D eigenvalue weighted by molar-refractivity contribution is 6.22. The van der Waals surface area contributed by atoms with Crippen LogP contribution >= 0.6 is 0 Å². The van der Waals surface area contributed by atoms with Crippen molar-refractivity contribution in [2.75, 3.05) is 31.1 Å². The Bertz CT molecular complexity index is 984. The van der Waals surface area contributed by atoms with Crippen molar-refractivity contribution in [1.82, 2.24) is 9.80 Å². The van der Waals surface area contributed by atoms with Crippen molar-refractivity contribution in [2.24, 2.45) is 0 Å². The number of carbonyl (C=O) groups excluding carboxylic acids is 3. The fourth-order valence-electron chi connectivity index (χ4n) is 3.90. The van der Waals surface area contributed by atoms with Crippen molar-refractivity contribution in [3.8, 4) is 0 Å². The highest BCUT2D eigenvalue weighted by atomic mass is 16.6. The van der Waals surface area contributed by atoms with Gasteiger partial charge in [0.05, 0.1) is 23.1 Å². The highest BCUT2D eigenvalue weighted by Gasteiger charge is 2.43. The molecule has 2 aromatic carbocycles. The minimum absolute atomic E-state index is 0.0448. The maximum Gasteiger partial charge on any atom is 0.269 e. The molecule has 2 aliphatic heterocycles. The summed E-state index contributed by atoms with van der Waals surface area (Å²) in [5.41, 5.74) is 0.854. The van der Waals surface area contributed by atoms with Crippen LogP contribution in [0.1, 0.15) is 16.8 Å². The first-order valence-corrected chi connectivity index (χ1v) is 9.65. The zero-order chi connectivity index (χ0) is 21.3. The van der Waals surface area contributed by atoms with Gasteiger partial charge in [-0.25, -0.2) is 4.90 Å². The molecule has 0 N–H and O–H groups in total. The second-order valence-electron chi connectivity index (χ2n) is 7.26. The normalized spacial score (nSPS) is 19.9. The molecule has 0 radical (unpaired) electrons. The van der Waals surface area contributed by atoms with Crippen LogP contribution in [0.5, 0.6) is 0 Å². The third-order valence-corrected chi connectivity index (χ3v) is 5.50. The lowest BCUT2D eigenvalue weighted by atomic mass is 10.1. The SMILES string of the molecule is O=C(c1ccccc1)N1CCN([C@@H]2CC(=O)N(c3ccc([N+](=O)[O-])cc3)C2=O)CC1. The maximum absolute atomic E-state index is 12.9. The lowest BCUT2D eigenvalue weighted by molar-refractivity contribution is -0.384. The molecule has 154 valence electrons. The number of nitro groups is 1. The van der Waals surface area contributed by atoms with E-state index < -0.39 is 11.0 Å². The zero-order valence-corrected chi connectivity index (χ0v) is 16.1. The van der Waals surface area contributed by atoms with Crippen molar-refractivity contribution in [1.29, 1.82) is 0 Å². The van der Waals surface area contributed by atoms with E-state index in [1.165, 1.54) is 24.3 Å². The summed E-state index contributed by atoms with van der Waals surface area (Å²) in [6.07, 6.45) is 0.0580. The fraction of sp³-hybridized carbons (Fsp3) is 0.286. The van der Waals surface area contributed by atoms with Crippen molar-refractivity contribution >= 4 is 29.1 Å². The van der Waals surface area contributed by atoms with Crippen LogP contribution in [0.2, 0.25) is 0 Å². The molecule has 9 nitrogen and oxygen atoms in total. The molecule has 2 saturated heterocycles. The predicted molar refractivity (Wildman–Crippen MR) is 108 cm³/mol. The van der Waals surface area contributed by atoms with Gasteiger partial charge in [0.25, 0.3) is 17.5 Å². The van der Waals surface area contributed by atoms with Gasteiger partial charge < -0.3 is 4.90 Å². The number of anilines is 1. The Balaban J connectivity index is 1.41. The number of imide groups is 1. The molecule has 9 heteroatoms. The number of piperazine rings is 1. The lowest BCUT2D eigenvalue weighted by Gasteiger charge is -2.37. The molecule has 0 aromatic heterocycles. The Labute approximate surface area is 172 Å². The van der Waals surface area contributed by atoms with Gasteiger partial charge in [-0.3, -0.25) is 29.4 Å². The average Bonchev–Trinajstić information content (AvgIpc) is 3.08. The van der Waals surface area contributed by atoms with E-state index in [2.05, 4.69) is 0 Å². The van der Waals surface area contributed by atoms with Crippen molar-refractivity contribution < 1.29 is 19.3 Å². The molecule has 2 heterocycles. The number of rotatable bonds is 4. The first-order valence-electron chi connectivity index (χ1n) is 9.65. The summed E-state index contributed by atoms with van der Waals surface area (Å²) >= 11 is 0. The van der Waals surface area contributed by atoms with Gasteiger partial charge in [-0.15, -0.1) is 0 Å². The van der Waals surface area contributed by atoms with Crippen LogP contribution in [-0.2, 0) is 9.59 Å². The molecule has 30 heavy (non-hydrogen) atoms. The highest BCUT2D eigenvalue weighted by Crippen LogP contribution is 2.28. The number of nitro benzene ring substituents is 1. The van der Waals surface area contributed by atoms with Gasteiger partial charge >= 0.3 is 0 Å². The van der Waals surface area contributed by atoms with Crippen LogP contribution in [0.3, 0.4) is 0 Å². The van der Waals surface area contributed by atoms with Crippen molar-refractivity contribution in [2.45, 2.75) is 12.5 Å². The molecular weight excluding hydrogens is 388 g/mol. The summed E-state index contributed by atoms with van der Waals surface area (Å²) in [5.74, 6) is -0.713. The molecule has 0 aliphatic carbocycles. The number of nitrogens with zero attached hydrogens (tertiary/aromatic N) is 4. The summed E-state index contributed by atoms with van der Waals surface area (Å²) < 4.78 is 0. The van der Waals surface area contributed by atoms with Gasteiger partial charge in [-0.1, -0.05) is 18.2 Å². The Hall–Kier alpha value is -3.59. The molecule has 3 amide bonds. The Kier molecular flexibility index (Phi) is 5.28. The third-order valence-electron chi connectivity index (χ3n) is 5.50. The second-order valence-corrected chi connectivity index (χ2v) is 7.26. The standard InChI is InChI=1S/C21H20N4O5/c26-19-14-18(21(28)24(19)16-6-8-17(9-7-16)25(29)30)22-10-12-23(13-11-22)20(27)15-4-2-1-3-5-15/h1-9,18H,10-14H2/t18-/m1/s1. The Morgan fingerprint density at radius 3 is 2.17 bits per heavy atom. The molecule has 4 rings (SSSR count). The van der Waals surface area contributed by atoms with Crippen LogP contribution in [0, 0.1) is 10.1 Å². The van der Waals surface area contributed by atoms with Crippen molar-refractivity contribution in [3.63, 3.8) is 0 Å². The van der Waals surface area contributed by atoms with E-state index in [0.717, 1.165) is 4.90 Å². The summed E-state index contributed by atoms with van der Waals surface area (Å²) in [6, 6.07) is 13.8. The van der Waals surface area contributed by atoms with Gasteiger partial charge in [-0.2, -0.15) is 0 Å². The summed E-state index contributed by atoms with van der Waals surface area (Å²) in [6.45, 7) is 1.94. The van der Waals surface area contributed by atoms with Crippen LogP contribution in [0.15, 0.2) is 54.6 Å². The quantitative estimate of drug-likeness (QED) is 0.433. The largest absolute Gasteiger partial charge is 0.336 e. The molecule has 0 spiro atoms. The molecular formula is C21H20N4O5. The van der Waals surface area contributed by atoms with E-state index in [1.54, 1.807) is 17.0 Å². The number of carbonyl (C=O) groups is 3. The van der Waals surface area contributed by atoms with Crippen LogP contribution in [-0.4, -0.2) is 64.7 Å². The number of amides is 3. The van der Waals surface area contributed by atoms with Crippen LogP contribution in [0.4, 0.5) is 11.4 Å². The van der Waals surface area contributed by atoms with Crippen LogP contribution in [0.25, 0.3) is 0 Å². The van der Waals surface area contributed by atoms with Gasteiger partial charge in [0.2, 0.25) is 5.91 Å². The minimum atomic E-state index is -0.582. The summed E-state index contributed by atoms with van der Waals surface area (Å²) in [7, 11) is 0. The molecule has 2 fully saturated rings. The topological polar surface area (TPSA) is 104 Å². The smallest absolute Gasteiger partial charge is 0.269 e. The van der Waals surface area contributed by atoms with Gasteiger partial charge in [0.1, 0.15) is 0 Å². The second kappa shape index (κ2) is 8.03. The number of hydrogen-bond acceptors (Lipinski definition) is 6. The number of non-ortho nitro benzene ring substituents is 1. The van der Waals surface area contributed by atoms with E-state index in [9.17, 15) is 24.5 Å². The number of benzene rings is 2. The van der Waals surface area contributed by atoms with Crippen molar-refractivity contribution in [3.05, 3.63) is 70.3 Å². The summed E-state index contributed by atoms with van der Waals surface area (Å²) in [4.78, 5) is 53.1. The zero-order valence-electron chi connectivity index (χ0n) is 16.1. The Morgan fingerprint density at radius 2 is 1.57 bits per heavy atom. The molecule has 0 bridgehead atoms. The third kappa shape index (κ3) is 3.67. The van der Waals surface area contributed by atoms with Gasteiger partial charge in [-0.05, 0) is 24.3 Å². The first-order chi connectivity index (χ1) is 14.5. The van der Waals surface area contributed by atoms with E-state index in [4.69, 9.17) is 0 Å². The van der Waals surface area contributed by atoms with E-state index >= 15 is 0 Å². The number of hydrogen-bond donors (Lipinski definition) is 0. The summed E-state index contributed by atoms with van der Waals surface area (Å²) in [5, 5.41) is 10.8. The molecule has 2 aliphatic rings. The van der Waals surface area contributed by atoms with Gasteiger partial charge in [0, 0.05) is 43.9 Å². The van der Waals surface area contributed by atoms with E-state index in [-0.39, 0.29) is 29.8 Å². The molecule has 2 aromatic rings. The lowest BCUT2D eigenvalue weighted by Crippen LogP contribution is -2.53. The predicted octanol–water partition coefficient (Wildman–Crippen LogP) is 1.68. The minimum Gasteiger partial charge on any atom is -0.336 e. The monoisotopic (exact) mass is 408 g/mol. The molecule has 1 atom stereocenters. The molecule has 0 unspecified atom stereocenters. The van der Waals surface area contributed by atoms with Crippen LogP contribution < -0.4 is 4.90 Å². The maximum atomic E-state index is 12.9. The average molecular weight is 408 g/mol. The van der Waals surface area contributed by atoms with Gasteiger partial charge in [0.15, 0.2) is 0 Å². The molecule has 0 saturated carbocycles. The van der Waals surface area contributed by atoms with E-state index in [0.29, 0.717) is 37.4 Å². The Morgan fingerprint density at radius 1 is 0.933 bits per heavy atom. The fourth-order valence-corrected chi connectivity index (χ4v) is 3.90. The van der Waals surface area contributed by atoms with E-state index in [1.807, 2.05) is 23.1 Å². The first kappa shape index (κ1) is 19.7.